The number of hydrogen-bond acceptors (Lipinski definition) is 7. The Kier molecular flexibility index (Phi) is 5.02. The Morgan fingerprint density at radius 1 is 1.26 bits per heavy atom. The minimum atomic E-state index is -0.0766. The molecule has 0 aliphatic carbocycles. The van der Waals surface area contributed by atoms with Crippen molar-refractivity contribution in [3.05, 3.63) is 28.5 Å². The summed E-state index contributed by atoms with van der Waals surface area (Å²) < 4.78 is 0. The van der Waals surface area contributed by atoms with Crippen LogP contribution in [0.25, 0.3) is 0 Å². The Morgan fingerprint density at radius 3 is 2.83 bits per heavy atom. The van der Waals surface area contributed by atoms with Crippen LogP contribution in [0, 0.1) is 6.92 Å². The van der Waals surface area contributed by atoms with Crippen LogP contribution in [-0.2, 0) is 0 Å². The summed E-state index contributed by atoms with van der Waals surface area (Å²) in [5, 5.41) is 6.10. The fourth-order valence-corrected chi connectivity index (χ4v) is 3.25. The van der Waals surface area contributed by atoms with Crippen molar-refractivity contribution in [1.29, 1.82) is 0 Å². The van der Waals surface area contributed by atoms with Gasteiger partial charge in [0.15, 0.2) is 0 Å². The number of amides is 1. The summed E-state index contributed by atoms with van der Waals surface area (Å²) in [6.45, 7) is 5.09. The highest BCUT2D eigenvalue weighted by Gasteiger charge is 2.14. The summed E-state index contributed by atoms with van der Waals surface area (Å²) in [7, 11) is 0. The molecule has 2 aromatic heterocycles. The molecule has 1 aliphatic heterocycles. The number of carbonyl (C=O) groups excluding carboxylic acids is 1. The van der Waals surface area contributed by atoms with Crippen LogP contribution in [0.15, 0.2) is 17.9 Å². The third-order valence-corrected chi connectivity index (χ3v) is 4.68. The number of hydrogen-bond donors (Lipinski definition) is 2. The van der Waals surface area contributed by atoms with Crippen molar-refractivity contribution in [2.45, 2.75) is 19.8 Å². The van der Waals surface area contributed by atoms with E-state index in [4.69, 9.17) is 0 Å². The van der Waals surface area contributed by atoms with Crippen molar-refractivity contribution in [3.8, 4) is 0 Å². The molecule has 0 bridgehead atoms. The lowest BCUT2D eigenvalue weighted by Crippen LogP contribution is -2.28. The van der Waals surface area contributed by atoms with Gasteiger partial charge in [-0.25, -0.2) is 15.0 Å². The van der Waals surface area contributed by atoms with E-state index >= 15 is 0 Å². The smallest absolute Gasteiger partial charge is 0.263 e. The van der Waals surface area contributed by atoms with Gasteiger partial charge in [-0.2, -0.15) is 0 Å². The molecule has 7 nitrogen and oxygen atoms in total. The van der Waals surface area contributed by atoms with Crippen molar-refractivity contribution in [2.75, 3.05) is 36.4 Å². The lowest BCUT2D eigenvalue weighted by atomic mass is 10.4. The van der Waals surface area contributed by atoms with Crippen LogP contribution in [-0.4, -0.2) is 47.0 Å². The van der Waals surface area contributed by atoms with Gasteiger partial charge in [-0.1, -0.05) is 0 Å². The third kappa shape index (κ3) is 3.95. The van der Waals surface area contributed by atoms with Gasteiger partial charge in [0.2, 0.25) is 0 Å². The number of thiazole rings is 1. The Labute approximate surface area is 139 Å². The highest BCUT2D eigenvalue weighted by Crippen LogP contribution is 2.19. The quantitative estimate of drug-likeness (QED) is 0.783. The number of anilines is 2. The first-order chi connectivity index (χ1) is 11.2. The zero-order valence-electron chi connectivity index (χ0n) is 13.1. The zero-order valence-corrected chi connectivity index (χ0v) is 13.9. The fraction of sp³-hybridized carbons (Fsp3) is 0.467. The summed E-state index contributed by atoms with van der Waals surface area (Å²) in [4.78, 5) is 27.5. The van der Waals surface area contributed by atoms with E-state index in [1.807, 2.05) is 13.0 Å². The second-order valence-corrected chi connectivity index (χ2v) is 6.26. The van der Waals surface area contributed by atoms with E-state index in [0.717, 1.165) is 30.4 Å². The average molecular weight is 332 g/mol. The number of aromatic nitrogens is 3. The van der Waals surface area contributed by atoms with Gasteiger partial charge in [-0.05, 0) is 19.8 Å². The lowest BCUT2D eigenvalue weighted by Gasteiger charge is -2.16. The Morgan fingerprint density at radius 2 is 2.09 bits per heavy atom. The Balaban J connectivity index is 1.46. The third-order valence-electron chi connectivity index (χ3n) is 3.75. The largest absolute Gasteiger partial charge is 0.368 e. The molecule has 0 unspecified atom stereocenters. The highest BCUT2D eigenvalue weighted by molar-refractivity contribution is 7.11. The molecule has 1 aliphatic rings. The van der Waals surface area contributed by atoms with Gasteiger partial charge in [-0.3, -0.25) is 4.79 Å². The first-order valence-electron chi connectivity index (χ1n) is 7.73. The molecule has 1 saturated heterocycles. The molecule has 3 rings (SSSR count). The van der Waals surface area contributed by atoms with Crippen LogP contribution < -0.4 is 15.5 Å². The molecule has 0 spiro atoms. The predicted octanol–water partition coefficient (Wildman–Crippen LogP) is 1.68. The van der Waals surface area contributed by atoms with Crippen molar-refractivity contribution >= 4 is 28.9 Å². The molecule has 0 atom stereocenters. The first kappa shape index (κ1) is 15.7. The molecule has 23 heavy (non-hydrogen) atoms. The topological polar surface area (TPSA) is 83.0 Å². The van der Waals surface area contributed by atoms with E-state index in [9.17, 15) is 4.79 Å². The second-order valence-electron chi connectivity index (χ2n) is 5.41. The van der Waals surface area contributed by atoms with Crippen LogP contribution in [0.1, 0.15) is 28.2 Å². The molecule has 2 N–H and O–H groups in total. The predicted molar refractivity (Wildman–Crippen MR) is 91.2 cm³/mol. The monoisotopic (exact) mass is 332 g/mol. The van der Waals surface area contributed by atoms with Gasteiger partial charge in [0, 0.05) is 32.2 Å². The lowest BCUT2D eigenvalue weighted by molar-refractivity contribution is 0.0958. The molecule has 3 heterocycles. The molecular formula is C15H20N6OS. The number of rotatable bonds is 6. The van der Waals surface area contributed by atoms with Crippen molar-refractivity contribution in [2.24, 2.45) is 0 Å². The van der Waals surface area contributed by atoms with Gasteiger partial charge in [-0.15, -0.1) is 11.3 Å². The van der Waals surface area contributed by atoms with E-state index in [1.54, 1.807) is 11.8 Å². The van der Waals surface area contributed by atoms with E-state index in [1.165, 1.54) is 24.2 Å². The highest BCUT2D eigenvalue weighted by atomic mass is 32.1. The molecule has 1 amide bonds. The van der Waals surface area contributed by atoms with Crippen LogP contribution in [0.3, 0.4) is 0 Å². The molecular weight excluding hydrogens is 312 g/mol. The Bertz CT molecular complexity index is 667. The average Bonchev–Trinajstić information content (AvgIpc) is 3.23. The van der Waals surface area contributed by atoms with Crippen molar-refractivity contribution in [3.63, 3.8) is 0 Å². The van der Waals surface area contributed by atoms with Gasteiger partial charge >= 0.3 is 0 Å². The molecule has 122 valence electrons. The van der Waals surface area contributed by atoms with E-state index in [2.05, 4.69) is 30.5 Å². The zero-order chi connectivity index (χ0) is 16.1. The number of aryl methyl sites for hydroxylation is 1. The SMILES string of the molecule is Cc1ncsc1C(=O)NCCNc1cc(N2CCCC2)ncn1. The van der Waals surface area contributed by atoms with E-state index < -0.39 is 0 Å². The molecule has 0 saturated carbocycles. The summed E-state index contributed by atoms with van der Waals surface area (Å²) in [6.07, 6.45) is 4.01. The summed E-state index contributed by atoms with van der Waals surface area (Å²) >= 11 is 1.36. The van der Waals surface area contributed by atoms with Gasteiger partial charge in [0.25, 0.3) is 5.91 Å². The van der Waals surface area contributed by atoms with E-state index in [0.29, 0.717) is 18.0 Å². The van der Waals surface area contributed by atoms with Crippen LogP contribution in [0.5, 0.6) is 0 Å². The summed E-state index contributed by atoms with van der Waals surface area (Å²) in [5.74, 6) is 1.67. The second kappa shape index (κ2) is 7.36. The van der Waals surface area contributed by atoms with Crippen LogP contribution in [0.2, 0.25) is 0 Å². The maximum Gasteiger partial charge on any atom is 0.263 e. The molecule has 0 aromatic carbocycles. The molecule has 0 radical (unpaired) electrons. The summed E-state index contributed by atoms with van der Waals surface area (Å²) in [6, 6.07) is 1.96. The Hall–Kier alpha value is -2.22. The maximum atomic E-state index is 12.0. The van der Waals surface area contributed by atoms with Crippen LogP contribution in [0.4, 0.5) is 11.6 Å². The normalized spacial score (nSPS) is 14.0. The molecule has 1 fully saturated rings. The standard InChI is InChI=1S/C15H20N6OS/c1-11-14(23-10-20-11)15(22)17-5-4-16-12-8-13(19-9-18-12)21-6-2-3-7-21/h8-10H,2-7H2,1H3,(H,17,22)(H,16,18,19). The van der Waals surface area contributed by atoms with Crippen molar-refractivity contribution < 1.29 is 4.79 Å². The number of nitrogens with zero attached hydrogens (tertiary/aromatic N) is 4. The maximum absolute atomic E-state index is 12.0. The van der Waals surface area contributed by atoms with E-state index in [-0.39, 0.29) is 5.91 Å². The van der Waals surface area contributed by atoms with Gasteiger partial charge < -0.3 is 15.5 Å². The molecule has 2 aromatic rings. The van der Waals surface area contributed by atoms with Gasteiger partial charge in [0.1, 0.15) is 22.8 Å². The fourth-order valence-electron chi connectivity index (χ4n) is 2.53. The minimum absolute atomic E-state index is 0.0766. The minimum Gasteiger partial charge on any atom is -0.368 e. The van der Waals surface area contributed by atoms with Crippen molar-refractivity contribution in [1.82, 2.24) is 20.3 Å². The molecule has 8 heteroatoms. The number of carbonyl (C=O) groups is 1. The summed E-state index contributed by atoms with van der Waals surface area (Å²) in [5.41, 5.74) is 2.45. The van der Waals surface area contributed by atoms with Crippen LogP contribution >= 0.6 is 11.3 Å². The first-order valence-corrected chi connectivity index (χ1v) is 8.61. The van der Waals surface area contributed by atoms with Gasteiger partial charge in [0.05, 0.1) is 11.2 Å². The number of nitrogens with one attached hydrogen (secondary N) is 2.